The van der Waals surface area contributed by atoms with Gasteiger partial charge in [0.1, 0.15) is 11.4 Å². The Morgan fingerprint density at radius 3 is 2.39 bits per heavy atom. The van der Waals surface area contributed by atoms with E-state index in [9.17, 15) is 4.79 Å². The van der Waals surface area contributed by atoms with E-state index < -0.39 is 0 Å². The summed E-state index contributed by atoms with van der Waals surface area (Å²) >= 11 is 6.06. The minimum Gasteiger partial charge on any atom is -0.488 e. The second-order valence-corrected chi connectivity index (χ2v) is 6.90. The second kappa shape index (κ2) is 7.05. The van der Waals surface area contributed by atoms with E-state index in [-0.39, 0.29) is 11.5 Å². The summed E-state index contributed by atoms with van der Waals surface area (Å²) in [5, 5.41) is 3.54. The van der Waals surface area contributed by atoms with Crippen LogP contribution in [-0.4, -0.2) is 11.5 Å². The van der Waals surface area contributed by atoms with Crippen molar-refractivity contribution in [2.45, 2.75) is 39.7 Å². The predicted molar refractivity (Wildman–Crippen MR) is 95.3 cm³/mol. The van der Waals surface area contributed by atoms with Gasteiger partial charge in [-0.25, -0.2) is 0 Å². The van der Waals surface area contributed by atoms with Gasteiger partial charge in [0.25, 0.3) is 0 Å². The quantitative estimate of drug-likeness (QED) is 0.855. The summed E-state index contributed by atoms with van der Waals surface area (Å²) in [6.07, 6.45) is 0.307. The topological polar surface area (TPSA) is 38.3 Å². The standard InChI is InChI=1S/C19H22ClNO2/c1-13-16(20)6-5-7-17(13)21-18(22)12-14-8-10-15(11-9-14)23-19(2,3)4/h5-11H,12H2,1-4H3,(H,21,22). The summed E-state index contributed by atoms with van der Waals surface area (Å²) < 4.78 is 5.77. The SMILES string of the molecule is Cc1c(Cl)cccc1NC(=O)Cc1ccc(OC(C)(C)C)cc1. The number of halogens is 1. The van der Waals surface area contributed by atoms with Crippen LogP contribution in [0.15, 0.2) is 42.5 Å². The lowest BCUT2D eigenvalue weighted by molar-refractivity contribution is -0.115. The van der Waals surface area contributed by atoms with Crippen molar-refractivity contribution in [3.8, 4) is 5.75 Å². The molecule has 0 fully saturated rings. The van der Waals surface area contributed by atoms with E-state index in [1.807, 2.05) is 64.1 Å². The molecule has 2 aromatic rings. The van der Waals surface area contributed by atoms with Crippen molar-refractivity contribution >= 4 is 23.2 Å². The Kier molecular flexibility index (Phi) is 5.32. The van der Waals surface area contributed by atoms with Crippen molar-refractivity contribution < 1.29 is 9.53 Å². The first-order valence-corrected chi connectivity index (χ1v) is 7.95. The van der Waals surface area contributed by atoms with Crippen LogP contribution in [0.2, 0.25) is 5.02 Å². The smallest absolute Gasteiger partial charge is 0.228 e. The fraction of sp³-hybridized carbons (Fsp3) is 0.316. The zero-order valence-corrected chi connectivity index (χ0v) is 14.7. The lowest BCUT2D eigenvalue weighted by atomic mass is 10.1. The highest BCUT2D eigenvalue weighted by Gasteiger charge is 2.12. The maximum atomic E-state index is 12.2. The number of benzene rings is 2. The van der Waals surface area contributed by atoms with Crippen LogP contribution in [0, 0.1) is 6.92 Å². The van der Waals surface area contributed by atoms with Crippen molar-refractivity contribution in [2.24, 2.45) is 0 Å². The highest BCUT2D eigenvalue weighted by molar-refractivity contribution is 6.31. The first-order chi connectivity index (χ1) is 10.7. The van der Waals surface area contributed by atoms with Crippen LogP contribution in [0.5, 0.6) is 5.75 Å². The molecule has 3 nitrogen and oxygen atoms in total. The Morgan fingerprint density at radius 2 is 1.78 bits per heavy atom. The molecule has 0 bridgehead atoms. The number of rotatable bonds is 4. The highest BCUT2D eigenvalue weighted by atomic mass is 35.5. The Balaban J connectivity index is 1.99. The third kappa shape index (κ3) is 5.29. The average molecular weight is 332 g/mol. The largest absolute Gasteiger partial charge is 0.488 e. The van der Waals surface area contributed by atoms with Gasteiger partial charge in [-0.05, 0) is 63.1 Å². The Bertz CT molecular complexity index is 688. The zero-order chi connectivity index (χ0) is 17.0. The van der Waals surface area contributed by atoms with Gasteiger partial charge in [0.15, 0.2) is 0 Å². The van der Waals surface area contributed by atoms with Crippen LogP contribution >= 0.6 is 11.6 Å². The van der Waals surface area contributed by atoms with Crippen molar-refractivity contribution in [2.75, 3.05) is 5.32 Å². The number of nitrogens with one attached hydrogen (secondary N) is 1. The third-order valence-electron chi connectivity index (χ3n) is 3.25. The van der Waals surface area contributed by atoms with Crippen LogP contribution in [0.4, 0.5) is 5.69 Å². The van der Waals surface area contributed by atoms with Gasteiger partial charge in [-0.2, -0.15) is 0 Å². The van der Waals surface area contributed by atoms with E-state index in [2.05, 4.69) is 5.32 Å². The molecule has 122 valence electrons. The molecule has 23 heavy (non-hydrogen) atoms. The molecule has 0 aliphatic rings. The van der Waals surface area contributed by atoms with Crippen LogP contribution in [0.3, 0.4) is 0 Å². The number of carbonyl (C=O) groups excluding carboxylic acids is 1. The van der Waals surface area contributed by atoms with E-state index in [1.165, 1.54) is 0 Å². The summed E-state index contributed by atoms with van der Waals surface area (Å²) in [5.74, 6) is 0.729. The Labute approximate surface area is 142 Å². The fourth-order valence-corrected chi connectivity index (χ4v) is 2.33. The molecule has 0 saturated carbocycles. The van der Waals surface area contributed by atoms with Gasteiger partial charge < -0.3 is 10.1 Å². The normalized spacial score (nSPS) is 11.2. The molecule has 1 amide bonds. The molecule has 2 aromatic carbocycles. The van der Waals surface area contributed by atoms with E-state index in [0.717, 1.165) is 22.6 Å². The van der Waals surface area contributed by atoms with Crippen molar-refractivity contribution in [1.82, 2.24) is 0 Å². The molecule has 0 saturated heterocycles. The maximum Gasteiger partial charge on any atom is 0.228 e. The third-order valence-corrected chi connectivity index (χ3v) is 3.66. The minimum atomic E-state index is -0.233. The molecule has 0 radical (unpaired) electrons. The van der Waals surface area contributed by atoms with Crippen LogP contribution in [-0.2, 0) is 11.2 Å². The summed E-state index contributed by atoms with van der Waals surface area (Å²) in [5.41, 5.74) is 2.32. The van der Waals surface area contributed by atoms with E-state index in [0.29, 0.717) is 11.4 Å². The number of hydrogen-bond donors (Lipinski definition) is 1. The second-order valence-electron chi connectivity index (χ2n) is 6.50. The first kappa shape index (κ1) is 17.4. The lowest BCUT2D eigenvalue weighted by Gasteiger charge is -2.21. The van der Waals surface area contributed by atoms with Crippen molar-refractivity contribution in [1.29, 1.82) is 0 Å². The molecule has 0 heterocycles. The Morgan fingerprint density at radius 1 is 1.13 bits per heavy atom. The van der Waals surface area contributed by atoms with Gasteiger partial charge in [-0.15, -0.1) is 0 Å². The van der Waals surface area contributed by atoms with E-state index in [1.54, 1.807) is 6.07 Å². The molecule has 0 aliphatic heterocycles. The van der Waals surface area contributed by atoms with Crippen molar-refractivity contribution in [3.05, 3.63) is 58.6 Å². The van der Waals surface area contributed by atoms with Gasteiger partial charge in [0, 0.05) is 10.7 Å². The summed E-state index contributed by atoms with van der Waals surface area (Å²) in [6.45, 7) is 7.89. The Hall–Kier alpha value is -2.00. The van der Waals surface area contributed by atoms with Gasteiger partial charge >= 0.3 is 0 Å². The number of amides is 1. The number of hydrogen-bond acceptors (Lipinski definition) is 2. The fourth-order valence-electron chi connectivity index (χ4n) is 2.15. The summed E-state index contributed by atoms with van der Waals surface area (Å²) in [6, 6.07) is 13.1. The highest BCUT2D eigenvalue weighted by Crippen LogP contribution is 2.23. The number of anilines is 1. The van der Waals surface area contributed by atoms with Crippen LogP contribution in [0.25, 0.3) is 0 Å². The van der Waals surface area contributed by atoms with Gasteiger partial charge in [0.05, 0.1) is 6.42 Å². The van der Waals surface area contributed by atoms with Crippen LogP contribution in [0.1, 0.15) is 31.9 Å². The number of ether oxygens (including phenoxy) is 1. The number of carbonyl (C=O) groups is 1. The molecule has 0 atom stereocenters. The van der Waals surface area contributed by atoms with E-state index in [4.69, 9.17) is 16.3 Å². The summed E-state index contributed by atoms with van der Waals surface area (Å²) in [4.78, 5) is 12.2. The van der Waals surface area contributed by atoms with Gasteiger partial charge in [-0.3, -0.25) is 4.79 Å². The summed E-state index contributed by atoms with van der Waals surface area (Å²) in [7, 11) is 0. The van der Waals surface area contributed by atoms with Crippen LogP contribution < -0.4 is 10.1 Å². The molecule has 2 rings (SSSR count). The molecule has 0 unspecified atom stereocenters. The molecular formula is C19H22ClNO2. The molecule has 0 aliphatic carbocycles. The molecule has 1 N–H and O–H groups in total. The molecule has 0 spiro atoms. The predicted octanol–water partition coefficient (Wildman–Crippen LogP) is 5.01. The monoisotopic (exact) mass is 331 g/mol. The van der Waals surface area contributed by atoms with E-state index >= 15 is 0 Å². The molecular weight excluding hydrogens is 310 g/mol. The maximum absolute atomic E-state index is 12.2. The average Bonchev–Trinajstić information content (AvgIpc) is 2.44. The van der Waals surface area contributed by atoms with Gasteiger partial charge in [0.2, 0.25) is 5.91 Å². The zero-order valence-electron chi connectivity index (χ0n) is 13.9. The molecule has 0 aromatic heterocycles. The van der Waals surface area contributed by atoms with Crippen molar-refractivity contribution in [3.63, 3.8) is 0 Å². The lowest BCUT2D eigenvalue weighted by Crippen LogP contribution is -2.22. The molecule has 4 heteroatoms. The van der Waals surface area contributed by atoms with Gasteiger partial charge in [-0.1, -0.05) is 29.8 Å². The minimum absolute atomic E-state index is 0.0696. The first-order valence-electron chi connectivity index (χ1n) is 7.57.